The molecule has 104 valence electrons. The van der Waals surface area contributed by atoms with E-state index in [4.69, 9.17) is 4.74 Å². The van der Waals surface area contributed by atoms with Crippen molar-refractivity contribution in [2.24, 2.45) is 0 Å². The molecular formula is C16H17NO3. The van der Waals surface area contributed by atoms with Crippen LogP contribution >= 0.6 is 0 Å². The number of amides is 1. The van der Waals surface area contributed by atoms with Crippen molar-refractivity contribution >= 4 is 23.2 Å². The number of carbonyl (C=O) groups excluding carboxylic acids is 2. The summed E-state index contributed by atoms with van der Waals surface area (Å²) in [5.41, 5.74) is -0.628. The van der Waals surface area contributed by atoms with Crippen LogP contribution in [0.25, 0.3) is 10.8 Å². The fraction of sp³-hybridized carbons (Fsp3) is 0.250. The maximum absolute atomic E-state index is 11.6. The molecule has 1 amide bonds. The van der Waals surface area contributed by atoms with E-state index in [9.17, 15) is 9.59 Å². The molecule has 0 aliphatic rings. The lowest BCUT2D eigenvalue weighted by molar-refractivity contribution is -0.123. The Kier molecular flexibility index (Phi) is 4.03. The maximum atomic E-state index is 11.6. The molecule has 2 aromatic carbocycles. The molecule has 0 saturated carbocycles. The van der Waals surface area contributed by atoms with Gasteiger partial charge in [-0.2, -0.15) is 0 Å². The number of hydrogen-bond donors (Lipinski definition) is 1. The molecule has 0 aliphatic heterocycles. The van der Waals surface area contributed by atoms with Crippen LogP contribution in [-0.2, 0) is 15.1 Å². The van der Waals surface area contributed by atoms with Crippen LogP contribution in [-0.4, -0.2) is 18.9 Å². The lowest BCUT2D eigenvalue weighted by Crippen LogP contribution is -2.36. The molecule has 2 aromatic rings. The Bertz CT molecular complexity index is 633. The summed E-state index contributed by atoms with van der Waals surface area (Å²) >= 11 is 0. The molecule has 0 spiro atoms. The molecule has 1 atom stereocenters. The maximum Gasteiger partial charge on any atom is 0.408 e. The fourth-order valence-electron chi connectivity index (χ4n) is 2.17. The van der Waals surface area contributed by atoms with E-state index < -0.39 is 11.7 Å². The van der Waals surface area contributed by atoms with Crippen LogP contribution in [0.4, 0.5) is 4.79 Å². The highest BCUT2D eigenvalue weighted by molar-refractivity contribution is 5.90. The van der Waals surface area contributed by atoms with Gasteiger partial charge in [-0.25, -0.2) is 4.79 Å². The lowest BCUT2D eigenvalue weighted by Gasteiger charge is -2.25. The summed E-state index contributed by atoms with van der Waals surface area (Å²) < 4.78 is 5.30. The second kappa shape index (κ2) is 5.74. The first-order valence-corrected chi connectivity index (χ1v) is 6.52. The van der Waals surface area contributed by atoms with Crippen molar-refractivity contribution in [3.63, 3.8) is 0 Å². The highest BCUT2D eigenvalue weighted by atomic mass is 16.6. The minimum atomic E-state index is -1.31. The van der Waals surface area contributed by atoms with Gasteiger partial charge in [-0.3, -0.25) is 4.79 Å². The number of ether oxygens (including phenoxy) is 1. The van der Waals surface area contributed by atoms with Gasteiger partial charge in [-0.15, -0.1) is 0 Å². The second-order valence-electron chi connectivity index (χ2n) is 4.67. The van der Waals surface area contributed by atoms with Gasteiger partial charge in [0.2, 0.25) is 0 Å². The molecule has 1 N–H and O–H groups in total. The van der Waals surface area contributed by atoms with Crippen molar-refractivity contribution < 1.29 is 14.3 Å². The van der Waals surface area contributed by atoms with Gasteiger partial charge in [0.25, 0.3) is 0 Å². The topological polar surface area (TPSA) is 55.4 Å². The first-order chi connectivity index (χ1) is 9.60. The normalized spacial score (nSPS) is 13.5. The summed E-state index contributed by atoms with van der Waals surface area (Å²) in [7, 11) is 0. The summed E-state index contributed by atoms with van der Waals surface area (Å²) in [6.07, 6.45) is 0.0549. The van der Waals surface area contributed by atoms with Gasteiger partial charge in [0, 0.05) is 12.1 Å². The predicted octanol–water partition coefficient (Wildman–Crippen LogP) is 3.00. The van der Waals surface area contributed by atoms with Crippen molar-refractivity contribution in [2.45, 2.75) is 19.4 Å². The number of rotatable bonds is 4. The fourth-order valence-corrected chi connectivity index (χ4v) is 2.17. The molecule has 4 heteroatoms. The molecule has 0 heterocycles. The van der Waals surface area contributed by atoms with Crippen molar-refractivity contribution in [3.8, 4) is 0 Å². The third-order valence-electron chi connectivity index (χ3n) is 3.18. The molecule has 4 nitrogen and oxygen atoms in total. The van der Waals surface area contributed by atoms with Crippen LogP contribution < -0.4 is 5.32 Å². The third-order valence-corrected chi connectivity index (χ3v) is 3.18. The number of nitrogens with one attached hydrogen (secondary N) is 1. The monoisotopic (exact) mass is 271 g/mol. The third kappa shape index (κ3) is 2.64. The average molecular weight is 271 g/mol. The molecule has 20 heavy (non-hydrogen) atoms. The largest absolute Gasteiger partial charge is 0.431 e. The Hall–Kier alpha value is -2.36. The number of alkyl carbamates (subject to hydrolysis) is 1. The molecule has 0 aliphatic carbocycles. The molecule has 0 bridgehead atoms. The molecule has 0 aromatic heterocycles. The molecule has 2 rings (SSSR count). The predicted molar refractivity (Wildman–Crippen MR) is 77.5 cm³/mol. The molecule has 0 fully saturated rings. The Labute approximate surface area is 117 Å². The minimum Gasteiger partial charge on any atom is -0.431 e. The van der Waals surface area contributed by atoms with Crippen LogP contribution in [0, 0.1) is 0 Å². The number of carbonyl (C=O) groups is 2. The molecule has 1 unspecified atom stereocenters. The summed E-state index contributed by atoms with van der Waals surface area (Å²) in [5, 5.41) is 4.43. The summed E-state index contributed by atoms with van der Waals surface area (Å²) in [5.74, 6) is 0. The SMILES string of the molecule is CCNC(=O)OC(C)(C=O)c1cccc2ccccc12. The minimum absolute atomic E-state index is 0.448. The number of hydrogen-bond acceptors (Lipinski definition) is 3. The summed E-state index contributed by atoms with van der Waals surface area (Å²) in [6, 6.07) is 13.3. The highest BCUT2D eigenvalue weighted by Crippen LogP contribution is 2.30. The Morgan fingerprint density at radius 3 is 2.65 bits per heavy atom. The van der Waals surface area contributed by atoms with Gasteiger partial charge in [0.05, 0.1) is 0 Å². The van der Waals surface area contributed by atoms with Crippen LogP contribution in [0.15, 0.2) is 42.5 Å². The Morgan fingerprint density at radius 2 is 1.95 bits per heavy atom. The van der Waals surface area contributed by atoms with E-state index in [2.05, 4.69) is 5.32 Å². The van der Waals surface area contributed by atoms with Crippen molar-refractivity contribution in [1.29, 1.82) is 0 Å². The number of fused-ring (bicyclic) bond motifs is 1. The first kappa shape index (κ1) is 14.1. The zero-order valence-electron chi connectivity index (χ0n) is 11.6. The van der Waals surface area contributed by atoms with Gasteiger partial charge >= 0.3 is 6.09 Å². The zero-order valence-corrected chi connectivity index (χ0v) is 11.6. The van der Waals surface area contributed by atoms with Gasteiger partial charge in [0.15, 0.2) is 11.9 Å². The summed E-state index contributed by atoms with van der Waals surface area (Å²) in [6.45, 7) is 3.83. The second-order valence-corrected chi connectivity index (χ2v) is 4.67. The zero-order chi connectivity index (χ0) is 14.6. The first-order valence-electron chi connectivity index (χ1n) is 6.52. The van der Waals surface area contributed by atoms with Crippen LogP contribution in [0.1, 0.15) is 19.4 Å². The van der Waals surface area contributed by atoms with E-state index >= 15 is 0 Å². The van der Waals surface area contributed by atoms with Gasteiger partial charge in [-0.05, 0) is 24.6 Å². The average Bonchev–Trinajstić information content (AvgIpc) is 2.46. The van der Waals surface area contributed by atoms with Crippen molar-refractivity contribution in [3.05, 3.63) is 48.0 Å². The van der Waals surface area contributed by atoms with Crippen LogP contribution in [0.3, 0.4) is 0 Å². The molecule has 0 radical (unpaired) electrons. The Balaban J connectivity index is 2.48. The smallest absolute Gasteiger partial charge is 0.408 e. The Morgan fingerprint density at radius 1 is 1.25 bits per heavy atom. The molecular weight excluding hydrogens is 254 g/mol. The van der Waals surface area contributed by atoms with E-state index in [0.717, 1.165) is 10.8 Å². The number of aldehydes is 1. The van der Waals surface area contributed by atoms with Crippen LogP contribution in [0.2, 0.25) is 0 Å². The van der Waals surface area contributed by atoms with E-state index in [0.29, 0.717) is 18.4 Å². The van der Waals surface area contributed by atoms with Crippen molar-refractivity contribution in [1.82, 2.24) is 5.32 Å². The quantitative estimate of drug-likeness (QED) is 0.870. The lowest BCUT2D eigenvalue weighted by atomic mass is 9.92. The summed E-state index contributed by atoms with van der Waals surface area (Å²) in [4.78, 5) is 23.1. The van der Waals surface area contributed by atoms with Gasteiger partial charge < -0.3 is 10.1 Å². The van der Waals surface area contributed by atoms with Gasteiger partial charge in [0.1, 0.15) is 0 Å². The van der Waals surface area contributed by atoms with Gasteiger partial charge in [-0.1, -0.05) is 42.5 Å². The van der Waals surface area contributed by atoms with Crippen molar-refractivity contribution in [2.75, 3.05) is 6.54 Å². The molecule has 0 saturated heterocycles. The highest BCUT2D eigenvalue weighted by Gasteiger charge is 2.32. The van der Waals surface area contributed by atoms with Crippen LogP contribution in [0.5, 0.6) is 0 Å². The van der Waals surface area contributed by atoms with E-state index in [1.54, 1.807) is 19.9 Å². The van der Waals surface area contributed by atoms with E-state index in [1.807, 2.05) is 36.4 Å². The number of benzene rings is 2. The van der Waals surface area contributed by atoms with E-state index in [1.165, 1.54) is 0 Å². The van der Waals surface area contributed by atoms with E-state index in [-0.39, 0.29) is 0 Å². The standard InChI is InChI=1S/C16H17NO3/c1-3-17-15(19)20-16(2,11-18)14-10-6-8-12-7-4-5-9-13(12)14/h4-11H,3H2,1-2H3,(H,17,19).